The quantitative estimate of drug-likeness (QED) is 0.766. The molecule has 1 atom stereocenters. The predicted octanol–water partition coefficient (Wildman–Crippen LogP) is -0.320. The lowest BCUT2D eigenvalue weighted by molar-refractivity contribution is 0.268. The molecular formula is C10H18N4O3S. The SMILES string of the molecule is NCC1CCCN(S(=O)(=O)NCc2ccno2)C1. The third-order valence-electron chi connectivity index (χ3n) is 3.08. The summed E-state index contributed by atoms with van der Waals surface area (Å²) >= 11 is 0. The van der Waals surface area contributed by atoms with Gasteiger partial charge in [-0.25, -0.2) is 0 Å². The molecule has 0 spiro atoms. The highest BCUT2D eigenvalue weighted by Gasteiger charge is 2.28. The summed E-state index contributed by atoms with van der Waals surface area (Å²) in [5.41, 5.74) is 5.59. The monoisotopic (exact) mass is 274 g/mol. The molecule has 1 aromatic rings. The lowest BCUT2D eigenvalue weighted by atomic mass is 10.0. The van der Waals surface area contributed by atoms with Crippen LogP contribution in [0, 0.1) is 5.92 Å². The van der Waals surface area contributed by atoms with Crippen molar-refractivity contribution in [2.45, 2.75) is 19.4 Å². The smallest absolute Gasteiger partial charge is 0.279 e. The van der Waals surface area contributed by atoms with Gasteiger partial charge in [0.15, 0.2) is 5.76 Å². The van der Waals surface area contributed by atoms with Gasteiger partial charge in [0.05, 0.1) is 12.7 Å². The Hall–Kier alpha value is -0.960. The summed E-state index contributed by atoms with van der Waals surface area (Å²) in [5, 5.41) is 3.52. The first kappa shape index (κ1) is 13.5. The van der Waals surface area contributed by atoms with E-state index in [0.717, 1.165) is 12.8 Å². The Morgan fingerprint density at radius 1 is 1.61 bits per heavy atom. The van der Waals surface area contributed by atoms with Gasteiger partial charge in [0.1, 0.15) is 0 Å². The predicted molar refractivity (Wildman–Crippen MR) is 65.6 cm³/mol. The van der Waals surface area contributed by atoms with Gasteiger partial charge < -0.3 is 10.3 Å². The third-order valence-corrected chi connectivity index (χ3v) is 4.60. The van der Waals surface area contributed by atoms with Crippen LogP contribution in [0.15, 0.2) is 16.8 Å². The van der Waals surface area contributed by atoms with Crippen LogP contribution in [0.4, 0.5) is 0 Å². The van der Waals surface area contributed by atoms with E-state index in [9.17, 15) is 8.42 Å². The van der Waals surface area contributed by atoms with Crippen LogP contribution in [0.2, 0.25) is 0 Å². The van der Waals surface area contributed by atoms with E-state index in [0.29, 0.717) is 25.4 Å². The minimum Gasteiger partial charge on any atom is -0.360 e. The number of rotatable bonds is 5. The van der Waals surface area contributed by atoms with Gasteiger partial charge in [-0.3, -0.25) is 0 Å². The average molecular weight is 274 g/mol. The minimum atomic E-state index is -3.46. The summed E-state index contributed by atoms with van der Waals surface area (Å²) in [4.78, 5) is 0. The molecule has 7 nitrogen and oxygen atoms in total. The molecule has 0 amide bonds. The van der Waals surface area contributed by atoms with Crippen molar-refractivity contribution >= 4 is 10.2 Å². The van der Waals surface area contributed by atoms with Crippen molar-refractivity contribution in [2.24, 2.45) is 11.7 Å². The van der Waals surface area contributed by atoms with Crippen LogP contribution in [0.5, 0.6) is 0 Å². The number of hydrogen-bond donors (Lipinski definition) is 2. The van der Waals surface area contributed by atoms with Crippen LogP contribution in [0.3, 0.4) is 0 Å². The van der Waals surface area contributed by atoms with Crippen LogP contribution in [0.1, 0.15) is 18.6 Å². The molecule has 2 rings (SSSR count). The molecule has 3 N–H and O–H groups in total. The molecule has 102 valence electrons. The Bertz CT molecular complexity index is 459. The van der Waals surface area contributed by atoms with E-state index >= 15 is 0 Å². The number of hydrogen-bond acceptors (Lipinski definition) is 5. The van der Waals surface area contributed by atoms with Crippen molar-refractivity contribution in [3.05, 3.63) is 18.0 Å². The molecule has 0 aliphatic carbocycles. The second-order valence-electron chi connectivity index (χ2n) is 4.41. The molecule has 1 aliphatic heterocycles. The lowest BCUT2D eigenvalue weighted by Gasteiger charge is -2.31. The highest BCUT2D eigenvalue weighted by Crippen LogP contribution is 2.17. The summed E-state index contributed by atoms with van der Waals surface area (Å²) in [5.74, 6) is 0.742. The molecule has 1 unspecified atom stereocenters. The van der Waals surface area contributed by atoms with E-state index in [-0.39, 0.29) is 12.5 Å². The largest absolute Gasteiger partial charge is 0.360 e. The van der Waals surface area contributed by atoms with E-state index in [1.54, 1.807) is 6.07 Å². The zero-order valence-electron chi connectivity index (χ0n) is 10.1. The second-order valence-corrected chi connectivity index (χ2v) is 6.16. The summed E-state index contributed by atoms with van der Waals surface area (Å²) in [7, 11) is -3.46. The maximum Gasteiger partial charge on any atom is 0.279 e. The van der Waals surface area contributed by atoms with Gasteiger partial charge in [-0.15, -0.1) is 0 Å². The van der Waals surface area contributed by atoms with E-state index in [2.05, 4.69) is 9.88 Å². The maximum absolute atomic E-state index is 12.1. The minimum absolute atomic E-state index is 0.117. The lowest BCUT2D eigenvalue weighted by Crippen LogP contribution is -2.47. The Labute approximate surface area is 106 Å². The van der Waals surface area contributed by atoms with E-state index < -0.39 is 10.2 Å². The Kier molecular flexibility index (Phi) is 4.33. The summed E-state index contributed by atoms with van der Waals surface area (Å²) < 4.78 is 32.9. The van der Waals surface area contributed by atoms with Gasteiger partial charge in [-0.05, 0) is 25.3 Å². The zero-order chi connectivity index (χ0) is 13.0. The molecule has 18 heavy (non-hydrogen) atoms. The van der Waals surface area contributed by atoms with Crippen molar-refractivity contribution in [1.82, 2.24) is 14.2 Å². The van der Waals surface area contributed by atoms with Crippen molar-refractivity contribution in [1.29, 1.82) is 0 Å². The fourth-order valence-corrected chi connectivity index (χ4v) is 3.31. The molecule has 0 radical (unpaired) electrons. The molecule has 1 saturated heterocycles. The Balaban J connectivity index is 1.93. The van der Waals surface area contributed by atoms with Gasteiger partial charge in [-0.1, -0.05) is 5.16 Å². The number of aromatic nitrogens is 1. The zero-order valence-corrected chi connectivity index (χ0v) is 10.9. The number of nitrogens with one attached hydrogen (secondary N) is 1. The third kappa shape index (κ3) is 3.29. The molecule has 1 aromatic heterocycles. The normalized spacial score (nSPS) is 22.2. The molecule has 1 aliphatic rings. The Morgan fingerprint density at radius 3 is 3.11 bits per heavy atom. The summed E-state index contributed by atoms with van der Waals surface area (Å²) in [6.45, 7) is 1.67. The standard InChI is InChI=1S/C10H18N4O3S/c11-6-9-2-1-5-14(8-9)18(15,16)13-7-10-3-4-12-17-10/h3-4,9,13H,1-2,5-8,11H2. The fraction of sp³-hybridized carbons (Fsp3) is 0.700. The van der Waals surface area contributed by atoms with E-state index in [1.807, 2.05) is 0 Å². The highest BCUT2D eigenvalue weighted by atomic mass is 32.2. The summed E-state index contributed by atoms with van der Waals surface area (Å²) in [6.07, 6.45) is 3.32. The van der Waals surface area contributed by atoms with Gasteiger partial charge >= 0.3 is 0 Å². The van der Waals surface area contributed by atoms with E-state index in [4.69, 9.17) is 10.3 Å². The van der Waals surface area contributed by atoms with Gasteiger partial charge in [0, 0.05) is 19.2 Å². The molecule has 2 heterocycles. The average Bonchev–Trinajstić information content (AvgIpc) is 2.90. The van der Waals surface area contributed by atoms with E-state index in [1.165, 1.54) is 10.5 Å². The van der Waals surface area contributed by atoms with Crippen molar-refractivity contribution in [3.8, 4) is 0 Å². The Morgan fingerprint density at radius 2 is 2.44 bits per heavy atom. The fourth-order valence-electron chi connectivity index (χ4n) is 2.02. The van der Waals surface area contributed by atoms with Crippen LogP contribution in [-0.2, 0) is 16.8 Å². The molecule has 0 bridgehead atoms. The van der Waals surface area contributed by atoms with Crippen LogP contribution in [-0.4, -0.2) is 37.5 Å². The van der Waals surface area contributed by atoms with Crippen molar-refractivity contribution in [2.75, 3.05) is 19.6 Å². The van der Waals surface area contributed by atoms with Gasteiger partial charge in [0.25, 0.3) is 10.2 Å². The number of nitrogens with two attached hydrogens (primary N) is 1. The summed E-state index contributed by atoms with van der Waals surface area (Å²) in [6, 6.07) is 1.63. The first-order valence-electron chi connectivity index (χ1n) is 5.96. The number of nitrogens with zero attached hydrogens (tertiary/aromatic N) is 2. The highest BCUT2D eigenvalue weighted by molar-refractivity contribution is 7.87. The van der Waals surface area contributed by atoms with Gasteiger partial charge in [0.2, 0.25) is 0 Å². The molecule has 0 saturated carbocycles. The first-order valence-corrected chi connectivity index (χ1v) is 7.40. The molecule has 1 fully saturated rings. The molecule has 8 heteroatoms. The maximum atomic E-state index is 12.1. The molecular weight excluding hydrogens is 256 g/mol. The van der Waals surface area contributed by atoms with Crippen LogP contribution >= 0.6 is 0 Å². The van der Waals surface area contributed by atoms with Crippen LogP contribution < -0.4 is 10.5 Å². The molecule has 0 aromatic carbocycles. The first-order chi connectivity index (χ1) is 8.62. The van der Waals surface area contributed by atoms with Gasteiger partial charge in [-0.2, -0.15) is 17.4 Å². The van der Waals surface area contributed by atoms with Crippen molar-refractivity contribution in [3.63, 3.8) is 0 Å². The number of piperidine rings is 1. The topological polar surface area (TPSA) is 101 Å². The second kappa shape index (κ2) is 5.79. The van der Waals surface area contributed by atoms with Crippen LogP contribution in [0.25, 0.3) is 0 Å². The van der Waals surface area contributed by atoms with Crippen molar-refractivity contribution < 1.29 is 12.9 Å².